The first kappa shape index (κ1) is 15.8. The Morgan fingerprint density at radius 1 is 1.52 bits per heavy atom. The second-order valence-electron chi connectivity index (χ2n) is 4.90. The van der Waals surface area contributed by atoms with Gasteiger partial charge >= 0.3 is 0 Å². The number of aryl methyl sites for hydroxylation is 1. The van der Waals surface area contributed by atoms with Gasteiger partial charge in [0.2, 0.25) is 11.8 Å². The normalized spacial score (nSPS) is 16.6. The molecule has 2 amide bonds. The molecule has 1 aliphatic rings. The highest BCUT2D eigenvalue weighted by molar-refractivity contribution is 8.01. The van der Waals surface area contributed by atoms with Gasteiger partial charge in [0.1, 0.15) is 5.76 Å². The largest absolute Gasteiger partial charge is 0.360 e. The summed E-state index contributed by atoms with van der Waals surface area (Å²) in [6, 6.07) is 1.65. The van der Waals surface area contributed by atoms with E-state index in [0.29, 0.717) is 17.3 Å². The molecule has 116 valence electrons. The molecule has 2 N–H and O–H groups in total. The molecule has 1 unspecified atom stereocenters. The SMILES string of the molecule is Cc1cc(NC(=O)C(C)SCC(=O)N2CCNCC2)no1. The standard InChI is InChI=1S/C13H20N4O3S/c1-9-7-11(16-20-9)15-13(19)10(2)21-8-12(18)17-5-3-14-4-6-17/h7,10,14H,3-6,8H2,1-2H3,(H,15,16,19). The van der Waals surface area contributed by atoms with Crippen LogP contribution in [0, 0.1) is 6.92 Å². The molecule has 7 nitrogen and oxygen atoms in total. The van der Waals surface area contributed by atoms with Gasteiger partial charge in [-0.3, -0.25) is 9.59 Å². The van der Waals surface area contributed by atoms with Gasteiger partial charge in [0.15, 0.2) is 5.82 Å². The summed E-state index contributed by atoms with van der Waals surface area (Å²) in [7, 11) is 0. The lowest BCUT2D eigenvalue weighted by atomic mass is 10.3. The van der Waals surface area contributed by atoms with Gasteiger partial charge in [0, 0.05) is 32.2 Å². The van der Waals surface area contributed by atoms with Crippen LogP contribution in [0.1, 0.15) is 12.7 Å². The maximum Gasteiger partial charge on any atom is 0.238 e. The van der Waals surface area contributed by atoms with Crippen LogP contribution >= 0.6 is 11.8 Å². The quantitative estimate of drug-likeness (QED) is 0.822. The van der Waals surface area contributed by atoms with Crippen molar-refractivity contribution in [1.82, 2.24) is 15.4 Å². The first-order chi connectivity index (χ1) is 10.1. The van der Waals surface area contributed by atoms with E-state index in [-0.39, 0.29) is 17.1 Å². The number of carbonyl (C=O) groups excluding carboxylic acids is 2. The molecule has 0 radical (unpaired) electrons. The Balaban J connectivity index is 1.74. The van der Waals surface area contributed by atoms with Crippen molar-refractivity contribution in [3.8, 4) is 0 Å². The lowest BCUT2D eigenvalue weighted by Gasteiger charge is -2.27. The van der Waals surface area contributed by atoms with Crippen LogP contribution in [0.15, 0.2) is 10.6 Å². The first-order valence-electron chi connectivity index (χ1n) is 6.90. The summed E-state index contributed by atoms with van der Waals surface area (Å²) in [4.78, 5) is 25.8. The van der Waals surface area contributed by atoms with E-state index in [1.54, 1.807) is 19.9 Å². The number of carbonyl (C=O) groups is 2. The highest BCUT2D eigenvalue weighted by Gasteiger charge is 2.20. The molecule has 1 saturated heterocycles. The molecule has 0 aliphatic carbocycles. The number of amides is 2. The van der Waals surface area contributed by atoms with Gasteiger partial charge in [-0.15, -0.1) is 11.8 Å². The van der Waals surface area contributed by atoms with Crippen LogP contribution < -0.4 is 10.6 Å². The maximum atomic E-state index is 12.0. The van der Waals surface area contributed by atoms with Crippen LogP contribution in [0.5, 0.6) is 0 Å². The monoisotopic (exact) mass is 312 g/mol. The van der Waals surface area contributed by atoms with Gasteiger partial charge < -0.3 is 20.1 Å². The number of aromatic nitrogens is 1. The predicted octanol–water partition coefficient (Wildman–Crippen LogP) is 0.475. The van der Waals surface area contributed by atoms with Crippen molar-refractivity contribution in [2.75, 3.05) is 37.2 Å². The number of anilines is 1. The molecule has 2 heterocycles. The third-order valence-electron chi connectivity index (χ3n) is 3.17. The molecule has 1 aromatic rings. The smallest absolute Gasteiger partial charge is 0.238 e. The van der Waals surface area contributed by atoms with Crippen LogP contribution in [-0.4, -0.2) is 59.1 Å². The number of thioether (sulfide) groups is 1. The first-order valence-corrected chi connectivity index (χ1v) is 7.95. The highest BCUT2D eigenvalue weighted by atomic mass is 32.2. The number of piperazine rings is 1. The molecule has 0 aromatic carbocycles. The molecular weight excluding hydrogens is 292 g/mol. The minimum absolute atomic E-state index is 0.0819. The van der Waals surface area contributed by atoms with E-state index >= 15 is 0 Å². The fraction of sp³-hybridized carbons (Fsp3) is 0.615. The Morgan fingerprint density at radius 3 is 2.86 bits per heavy atom. The Morgan fingerprint density at radius 2 is 2.24 bits per heavy atom. The van der Waals surface area contributed by atoms with Crippen LogP contribution in [0.25, 0.3) is 0 Å². The van der Waals surface area contributed by atoms with Crippen molar-refractivity contribution in [2.24, 2.45) is 0 Å². The van der Waals surface area contributed by atoms with Crippen molar-refractivity contribution >= 4 is 29.4 Å². The van der Waals surface area contributed by atoms with E-state index in [1.807, 2.05) is 4.90 Å². The van der Waals surface area contributed by atoms with E-state index in [1.165, 1.54) is 11.8 Å². The van der Waals surface area contributed by atoms with E-state index < -0.39 is 0 Å². The van der Waals surface area contributed by atoms with Gasteiger partial charge in [-0.25, -0.2) is 0 Å². The second-order valence-corrected chi connectivity index (χ2v) is 6.23. The van der Waals surface area contributed by atoms with Gasteiger partial charge in [-0.1, -0.05) is 5.16 Å². The van der Waals surface area contributed by atoms with Gasteiger partial charge in [0.25, 0.3) is 0 Å². The number of nitrogens with zero attached hydrogens (tertiary/aromatic N) is 2. The van der Waals surface area contributed by atoms with Crippen LogP contribution in [0.2, 0.25) is 0 Å². The van der Waals surface area contributed by atoms with E-state index in [2.05, 4.69) is 15.8 Å². The zero-order valence-electron chi connectivity index (χ0n) is 12.2. The molecular formula is C13H20N4O3S. The van der Waals surface area contributed by atoms with E-state index in [4.69, 9.17) is 4.52 Å². The van der Waals surface area contributed by atoms with Crippen LogP contribution in [-0.2, 0) is 9.59 Å². The Hall–Kier alpha value is -1.54. The van der Waals surface area contributed by atoms with E-state index in [0.717, 1.165) is 26.2 Å². The topological polar surface area (TPSA) is 87.5 Å². The summed E-state index contributed by atoms with van der Waals surface area (Å²) in [5, 5.41) is 9.25. The second kappa shape index (κ2) is 7.46. The summed E-state index contributed by atoms with van der Waals surface area (Å²) >= 11 is 1.33. The van der Waals surface area contributed by atoms with Gasteiger partial charge in [-0.2, -0.15) is 0 Å². The molecule has 0 bridgehead atoms. The molecule has 0 spiro atoms. The summed E-state index contributed by atoms with van der Waals surface area (Å²) in [6.45, 7) is 6.66. The fourth-order valence-electron chi connectivity index (χ4n) is 1.93. The zero-order chi connectivity index (χ0) is 15.2. The molecule has 0 saturated carbocycles. The third-order valence-corrected chi connectivity index (χ3v) is 4.30. The average molecular weight is 312 g/mol. The lowest BCUT2D eigenvalue weighted by molar-refractivity contribution is -0.128. The Kier molecular flexibility index (Phi) is 5.63. The summed E-state index contributed by atoms with van der Waals surface area (Å²) in [6.07, 6.45) is 0. The Labute approximate surface area is 127 Å². The van der Waals surface area contributed by atoms with E-state index in [9.17, 15) is 9.59 Å². The minimum atomic E-state index is -0.325. The maximum absolute atomic E-state index is 12.0. The van der Waals surface area contributed by atoms with Crippen LogP contribution in [0.4, 0.5) is 5.82 Å². The van der Waals surface area contributed by atoms with Gasteiger partial charge in [0.05, 0.1) is 11.0 Å². The summed E-state index contributed by atoms with van der Waals surface area (Å²) < 4.78 is 4.88. The third kappa shape index (κ3) is 4.75. The van der Waals surface area contributed by atoms with Crippen molar-refractivity contribution in [1.29, 1.82) is 0 Å². The molecule has 8 heteroatoms. The lowest BCUT2D eigenvalue weighted by Crippen LogP contribution is -2.47. The number of rotatable bonds is 5. The van der Waals surface area contributed by atoms with Crippen molar-refractivity contribution in [3.63, 3.8) is 0 Å². The molecule has 1 aromatic heterocycles. The molecule has 2 rings (SSSR count). The predicted molar refractivity (Wildman–Crippen MR) is 81.2 cm³/mol. The van der Waals surface area contributed by atoms with Gasteiger partial charge in [-0.05, 0) is 13.8 Å². The molecule has 1 fully saturated rings. The summed E-state index contributed by atoms with van der Waals surface area (Å²) in [5.41, 5.74) is 0. The fourth-order valence-corrected chi connectivity index (χ4v) is 2.72. The number of nitrogens with one attached hydrogen (secondary N) is 2. The minimum Gasteiger partial charge on any atom is -0.360 e. The molecule has 1 aliphatic heterocycles. The van der Waals surface area contributed by atoms with Crippen molar-refractivity contribution < 1.29 is 14.1 Å². The average Bonchev–Trinajstić information content (AvgIpc) is 2.90. The number of hydrogen-bond donors (Lipinski definition) is 2. The molecule has 21 heavy (non-hydrogen) atoms. The molecule has 1 atom stereocenters. The number of hydrogen-bond acceptors (Lipinski definition) is 6. The Bertz CT molecular complexity index is 499. The van der Waals surface area contributed by atoms with Crippen molar-refractivity contribution in [2.45, 2.75) is 19.1 Å². The van der Waals surface area contributed by atoms with Crippen molar-refractivity contribution in [3.05, 3.63) is 11.8 Å². The van der Waals surface area contributed by atoms with Crippen LogP contribution in [0.3, 0.4) is 0 Å². The summed E-state index contributed by atoms with van der Waals surface area (Å²) in [5.74, 6) is 1.25. The highest BCUT2D eigenvalue weighted by Crippen LogP contribution is 2.15. The zero-order valence-corrected chi connectivity index (χ0v) is 13.0.